The minimum absolute atomic E-state index is 0.00303. The van der Waals surface area contributed by atoms with E-state index in [4.69, 9.17) is 8.22 Å². The SMILES string of the molecule is [2H]C1N(c2ccccc2C)C(C)=C2C=CC(C)(C)N21.[2H]C1N(c2ccccc2C)C(C)=C2C=CC(C)(C3CCCC3)N21.[2H]C1N(c2ccccc2C)C(C)=C2C=CC(C)(C3CCCCC3)N21.[2H]C1N(c2ccccc2C)C(C)=C2C=CC(C)(c3ccccc3)N21.[2H]C1N(c2ccccc2C)C(C)=C2C=CC([2H])(C)N21. The largest absolute Gasteiger partial charge is 0.346 e. The molecule has 10 heteroatoms. The fourth-order valence-electron chi connectivity index (χ4n) is 17.6. The number of nitrogens with zero attached hydrogens (tertiary/aromatic N) is 10. The Hall–Kier alpha value is -9.28. The highest BCUT2D eigenvalue weighted by Gasteiger charge is 2.49. The van der Waals surface area contributed by atoms with Crippen LogP contribution in [0.2, 0.25) is 0 Å². The van der Waals surface area contributed by atoms with Crippen LogP contribution in [-0.2, 0) is 5.54 Å². The van der Waals surface area contributed by atoms with E-state index in [1.807, 2.05) is 84.3 Å². The third kappa shape index (κ3) is 12.8. The average molecular weight is 1380 g/mol. The zero-order valence-electron chi connectivity index (χ0n) is 70.1. The fourth-order valence-corrected chi connectivity index (χ4v) is 17.6. The summed E-state index contributed by atoms with van der Waals surface area (Å²) in [4.78, 5) is 21.6. The van der Waals surface area contributed by atoms with E-state index in [1.165, 1.54) is 114 Å². The zero-order chi connectivity index (χ0) is 77.6. The van der Waals surface area contributed by atoms with Gasteiger partial charge in [-0.2, -0.15) is 0 Å². The summed E-state index contributed by atoms with van der Waals surface area (Å²) in [5.74, 6) is 1.34. The zero-order valence-corrected chi connectivity index (χ0v) is 64.1. The molecule has 2 fully saturated rings. The Morgan fingerprint density at radius 3 is 1.03 bits per heavy atom. The van der Waals surface area contributed by atoms with Crippen LogP contribution in [0.1, 0.15) is 176 Å². The van der Waals surface area contributed by atoms with Crippen molar-refractivity contribution in [3.05, 3.63) is 303 Å². The van der Waals surface area contributed by atoms with Gasteiger partial charge in [0.05, 0.1) is 92.1 Å². The van der Waals surface area contributed by atoms with Gasteiger partial charge in [0.15, 0.2) is 0 Å². The summed E-state index contributed by atoms with van der Waals surface area (Å²) in [6.45, 7) is 32.0. The van der Waals surface area contributed by atoms with Crippen molar-refractivity contribution < 1.29 is 8.22 Å². The highest BCUT2D eigenvalue weighted by atomic mass is 15.4. The van der Waals surface area contributed by atoms with E-state index in [0.717, 1.165) is 62.5 Å². The summed E-state index contributed by atoms with van der Waals surface area (Å²) < 4.78 is 52.3. The molecule has 6 aromatic rings. The molecule has 0 radical (unpaired) electrons. The van der Waals surface area contributed by atoms with Gasteiger partial charge in [0, 0.05) is 62.9 Å². The maximum absolute atomic E-state index is 9.03. The predicted octanol–water partition coefficient (Wildman–Crippen LogP) is 21.7. The van der Waals surface area contributed by atoms with Crippen molar-refractivity contribution >= 4 is 28.4 Å². The Bertz CT molecular complexity index is 4680. The summed E-state index contributed by atoms with van der Waals surface area (Å²) in [6, 6.07) is 51.1. The topological polar surface area (TPSA) is 32.4 Å². The van der Waals surface area contributed by atoms with E-state index >= 15 is 0 Å². The molecule has 12 aliphatic rings. The first-order valence-electron chi connectivity index (χ1n) is 41.3. The molecule has 9 atom stereocenters. The van der Waals surface area contributed by atoms with E-state index in [2.05, 4.69) is 288 Å². The quantitative estimate of drug-likeness (QED) is 0.147. The molecule has 2 aliphatic carbocycles. The first-order valence-corrected chi connectivity index (χ1v) is 37.9. The molecule has 0 N–H and O–H groups in total. The van der Waals surface area contributed by atoms with Gasteiger partial charge in [-0.15, -0.1) is 0 Å². The van der Waals surface area contributed by atoms with Crippen molar-refractivity contribution in [2.24, 2.45) is 11.8 Å². The van der Waals surface area contributed by atoms with Crippen molar-refractivity contribution in [2.45, 2.75) is 197 Å². The molecule has 103 heavy (non-hydrogen) atoms. The number of rotatable bonds is 8. The minimum atomic E-state index is -0.833. The molecule has 10 heterocycles. The lowest BCUT2D eigenvalue weighted by Crippen LogP contribution is -2.48. The molecular formula is C93H114N10. The first kappa shape index (κ1) is 63.4. The monoisotopic (exact) mass is 1380 g/mol. The molecule has 18 rings (SSSR count). The van der Waals surface area contributed by atoms with Gasteiger partial charge in [-0.05, 0) is 242 Å². The maximum atomic E-state index is 9.03. The predicted molar refractivity (Wildman–Crippen MR) is 434 cm³/mol. The minimum Gasteiger partial charge on any atom is -0.346 e. The van der Waals surface area contributed by atoms with Crippen LogP contribution in [-0.4, -0.2) is 80.4 Å². The fraction of sp³-hybridized carbons (Fsp3) is 0.398. The van der Waals surface area contributed by atoms with Crippen LogP contribution in [0, 0.1) is 46.5 Å². The van der Waals surface area contributed by atoms with Crippen molar-refractivity contribution in [2.75, 3.05) is 57.7 Å². The van der Waals surface area contributed by atoms with E-state index in [9.17, 15) is 0 Å². The highest BCUT2D eigenvalue weighted by molar-refractivity contribution is 5.67. The van der Waals surface area contributed by atoms with Crippen LogP contribution < -0.4 is 24.5 Å². The Morgan fingerprint density at radius 2 is 0.641 bits per heavy atom. The second-order valence-electron chi connectivity index (χ2n) is 31.3. The summed E-state index contributed by atoms with van der Waals surface area (Å²) in [6.07, 6.45) is 33.7. The standard InChI is InChI=1S/C21H28N2.C21H22N2.C20H26N2.C16H20N2.C15H18N2/c2*1-16-9-7-8-12-19(16)22-15-23-20(17(22)2)13-14-21(23,3)18-10-5-4-6-11-18;1-15-8-4-7-11-18(15)21-14-22-19(16(21)2)12-13-20(22,3)17-9-5-6-10-17;1-12-7-5-6-8-14(12)17-11-18-15(13(17)2)9-10-16(18,3)4;1-11-6-4-5-7-14(11)17-10-16-12(2)8-9-15(16)13(17)3/h7-9,12-14,18H,4-6,10-11,15H2,1-3H3;4-14H,15H2,1-3H3;4,7-8,11-13,17H,5-6,9-10,14H2,1-3H3;5-10H,11H2,1-4H3;4-9,12H,10H2,1-3H3/i2*15D;14D;11D;10D,12D. The van der Waals surface area contributed by atoms with Gasteiger partial charge in [-0.25, -0.2) is 0 Å². The number of allylic oxidation sites excluding steroid dienone is 10. The molecule has 536 valence electrons. The lowest BCUT2D eigenvalue weighted by atomic mass is 9.75. The van der Waals surface area contributed by atoms with Crippen LogP contribution in [0.4, 0.5) is 28.4 Å². The molecule has 0 aromatic heterocycles. The van der Waals surface area contributed by atoms with Gasteiger partial charge in [-0.3, -0.25) is 0 Å². The van der Waals surface area contributed by atoms with Gasteiger partial charge in [0.2, 0.25) is 0 Å². The molecule has 0 saturated heterocycles. The lowest BCUT2D eigenvalue weighted by molar-refractivity contribution is 0.122. The van der Waals surface area contributed by atoms with Gasteiger partial charge in [0.25, 0.3) is 0 Å². The van der Waals surface area contributed by atoms with Crippen LogP contribution in [0.3, 0.4) is 0 Å². The average Bonchev–Trinajstić information content (AvgIpc) is 1.65. The van der Waals surface area contributed by atoms with Crippen molar-refractivity contribution in [1.82, 2.24) is 24.5 Å². The first-order chi connectivity index (χ1) is 52.0. The third-order valence-electron chi connectivity index (χ3n) is 24.4. The number of benzene rings is 6. The van der Waals surface area contributed by atoms with Crippen LogP contribution >= 0.6 is 0 Å². The summed E-state index contributed by atoms with van der Waals surface area (Å²) in [5.41, 5.74) is 24.0. The Kier molecular flexibility index (Phi) is 17.5. The number of para-hydroxylation sites is 5. The number of hydrogen-bond acceptors (Lipinski definition) is 10. The summed E-state index contributed by atoms with van der Waals surface area (Å²) in [5, 5.41) is 0. The number of hydrogen-bond donors (Lipinski definition) is 0. The van der Waals surface area contributed by atoms with Crippen molar-refractivity contribution in [1.29, 1.82) is 0 Å². The van der Waals surface area contributed by atoms with Gasteiger partial charge in [0.1, 0.15) is 0 Å². The highest BCUT2D eigenvalue weighted by Crippen LogP contribution is 2.51. The molecule has 6 aromatic carbocycles. The van der Waals surface area contributed by atoms with Gasteiger partial charge >= 0.3 is 0 Å². The second kappa shape index (κ2) is 28.4. The summed E-state index contributed by atoms with van der Waals surface area (Å²) in [7, 11) is 0. The smallest absolute Gasteiger partial charge is 0.0961 e. The van der Waals surface area contributed by atoms with Crippen LogP contribution in [0.5, 0.6) is 0 Å². The van der Waals surface area contributed by atoms with Gasteiger partial charge in [-0.1, -0.05) is 184 Å². The number of aryl methyl sites for hydroxylation is 5. The summed E-state index contributed by atoms with van der Waals surface area (Å²) >= 11 is 0. The van der Waals surface area contributed by atoms with Gasteiger partial charge < -0.3 is 49.0 Å². The normalized spacial score (nSPS) is 29.9. The van der Waals surface area contributed by atoms with Crippen molar-refractivity contribution in [3.63, 3.8) is 0 Å². The van der Waals surface area contributed by atoms with Crippen molar-refractivity contribution in [3.8, 4) is 0 Å². The van der Waals surface area contributed by atoms with E-state index in [0.29, 0.717) is 11.8 Å². The molecule has 0 spiro atoms. The maximum Gasteiger partial charge on any atom is 0.0961 e. The molecular weight excluding hydrogens is 1260 g/mol. The van der Waals surface area contributed by atoms with E-state index < -0.39 is 19.3 Å². The molecule has 10 nitrogen and oxygen atoms in total. The second-order valence-corrected chi connectivity index (χ2v) is 31.3. The Morgan fingerprint density at radius 1 is 0.330 bits per heavy atom. The lowest BCUT2D eigenvalue weighted by Gasteiger charge is -2.43. The van der Waals surface area contributed by atoms with Crippen LogP contribution in [0.25, 0.3) is 0 Å². The molecule has 9 unspecified atom stereocenters. The Labute approximate surface area is 627 Å². The molecule has 2 saturated carbocycles. The van der Waals surface area contributed by atoms with E-state index in [1.54, 1.807) is 0 Å². The molecule has 10 aliphatic heterocycles. The molecule has 0 amide bonds. The van der Waals surface area contributed by atoms with Crippen LogP contribution in [0.15, 0.2) is 269 Å². The van der Waals surface area contributed by atoms with E-state index in [-0.39, 0.29) is 42.1 Å². The Balaban J connectivity index is 0.000000114. The third-order valence-corrected chi connectivity index (χ3v) is 24.4. The number of fused-ring (bicyclic) bond motifs is 5. The number of anilines is 5. The molecule has 0 bridgehead atoms.